The first-order valence-corrected chi connectivity index (χ1v) is 8.86. The van der Waals surface area contributed by atoms with Crippen LogP contribution in [0.4, 0.5) is 0 Å². The van der Waals surface area contributed by atoms with E-state index in [-0.39, 0.29) is 0 Å². The number of rotatable bonds is 17. The van der Waals surface area contributed by atoms with Gasteiger partial charge in [0.05, 0.1) is 46.2 Å². The Morgan fingerprint density at radius 3 is 1.68 bits per heavy atom. The highest BCUT2D eigenvalue weighted by Gasteiger charge is 1.96. The summed E-state index contributed by atoms with van der Waals surface area (Å²) >= 11 is 0. The number of hydrogen-bond donors (Lipinski definition) is 0. The second-order valence-electron chi connectivity index (χ2n) is 5.34. The van der Waals surface area contributed by atoms with Gasteiger partial charge in [-0.05, 0) is 30.7 Å². The van der Waals surface area contributed by atoms with Crippen LogP contribution in [0.15, 0.2) is 24.3 Å². The van der Waals surface area contributed by atoms with Crippen molar-refractivity contribution in [3.63, 3.8) is 0 Å². The Morgan fingerprint density at radius 1 is 0.720 bits per heavy atom. The molecular weight excluding hydrogens is 324 g/mol. The molecule has 1 rings (SSSR count). The largest absolute Gasteiger partial charge is 0.491 e. The topological polar surface area (TPSA) is 63.2 Å². The zero-order valence-corrected chi connectivity index (χ0v) is 15.1. The predicted octanol–water partition coefficient (Wildman–Crippen LogP) is 2.74. The van der Waals surface area contributed by atoms with Gasteiger partial charge in [0.2, 0.25) is 0 Å². The highest BCUT2D eigenvalue weighted by Crippen LogP contribution is 2.10. The van der Waals surface area contributed by atoms with E-state index >= 15 is 0 Å². The summed E-state index contributed by atoms with van der Waals surface area (Å²) in [7, 11) is 0. The molecular formula is C19H30O6. The minimum atomic E-state index is 0.460. The van der Waals surface area contributed by atoms with E-state index in [1.807, 2.05) is 0 Å². The van der Waals surface area contributed by atoms with Gasteiger partial charge >= 0.3 is 0 Å². The minimum Gasteiger partial charge on any atom is -0.491 e. The van der Waals surface area contributed by atoms with Crippen LogP contribution in [0.2, 0.25) is 0 Å². The van der Waals surface area contributed by atoms with Crippen molar-refractivity contribution >= 4 is 6.29 Å². The van der Waals surface area contributed by atoms with Gasteiger partial charge in [-0.3, -0.25) is 4.79 Å². The molecule has 0 bridgehead atoms. The first-order chi connectivity index (χ1) is 12.4. The zero-order chi connectivity index (χ0) is 18.0. The first kappa shape index (κ1) is 21.6. The Hall–Kier alpha value is -1.47. The van der Waals surface area contributed by atoms with E-state index in [0.717, 1.165) is 31.5 Å². The minimum absolute atomic E-state index is 0.460. The maximum atomic E-state index is 10.5. The Bertz CT molecular complexity index is 420. The van der Waals surface area contributed by atoms with Gasteiger partial charge in [-0.15, -0.1) is 0 Å². The van der Waals surface area contributed by atoms with Crippen LogP contribution in [0.25, 0.3) is 0 Å². The van der Waals surface area contributed by atoms with Crippen molar-refractivity contribution < 1.29 is 28.5 Å². The number of carbonyl (C=O) groups excluding carboxylic acids is 1. The predicted molar refractivity (Wildman–Crippen MR) is 95.5 cm³/mol. The summed E-state index contributed by atoms with van der Waals surface area (Å²) in [6.07, 6.45) is 3.05. The molecule has 0 amide bonds. The number of carbonyl (C=O) groups is 1. The monoisotopic (exact) mass is 354 g/mol. The quantitative estimate of drug-likeness (QED) is 0.317. The van der Waals surface area contributed by atoms with Gasteiger partial charge in [-0.1, -0.05) is 13.3 Å². The molecule has 0 aliphatic heterocycles. The molecule has 0 fully saturated rings. The third-order valence-corrected chi connectivity index (χ3v) is 3.27. The van der Waals surface area contributed by atoms with Crippen molar-refractivity contribution in [1.29, 1.82) is 0 Å². The molecule has 0 aliphatic rings. The van der Waals surface area contributed by atoms with Crippen LogP contribution in [0.1, 0.15) is 30.1 Å². The summed E-state index contributed by atoms with van der Waals surface area (Å²) in [5, 5.41) is 0. The lowest BCUT2D eigenvalue weighted by Gasteiger charge is -2.08. The third-order valence-electron chi connectivity index (χ3n) is 3.27. The van der Waals surface area contributed by atoms with Crippen LogP contribution < -0.4 is 4.74 Å². The SMILES string of the molecule is CCCCOCCOCCOCCOCCOc1ccc(C=O)cc1. The summed E-state index contributed by atoms with van der Waals surface area (Å²) in [6, 6.07) is 6.97. The van der Waals surface area contributed by atoms with Gasteiger partial charge in [0.1, 0.15) is 18.6 Å². The highest BCUT2D eigenvalue weighted by atomic mass is 16.6. The van der Waals surface area contributed by atoms with Crippen LogP contribution in [-0.2, 0) is 18.9 Å². The molecule has 0 spiro atoms. The molecule has 1 aromatic carbocycles. The van der Waals surface area contributed by atoms with Crippen molar-refractivity contribution in [3.8, 4) is 5.75 Å². The van der Waals surface area contributed by atoms with Crippen LogP contribution in [-0.4, -0.2) is 65.7 Å². The second-order valence-corrected chi connectivity index (χ2v) is 5.34. The average Bonchev–Trinajstić information content (AvgIpc) is 2.65. The Kier molecular flexibility index (Phi) is 13.8. The molecule has 0 atom stereocenters. The van der Waals surface area contributed by atoms with Crippen LogP contribution in [0.5, 0.6) is 5.75 Å². The van der Waals surface area contributed by atoms with Gasteiger partial charge < -0.3 is 23.7 Å². The molecule has 0 unspecified atom stereocenters. The molecule has 0 aromatic heterocycles. The maximum Gasteiger partial charge on any atom is 0.150 e. The fourth-order valence-corrected chi connectivity index (χ4v) is 1.87. The number of benzene rings is 1. The summed E-state index contributed by atoms with van der Waals surface area (Å²) < 4.78 is 27.1. The molecule has 0 heterocycles. The van der Waals surface area contributed by atoms with Crippen molar-refractivity contribution in [2.45, 2.75) is 19.8 Å². The number of unbranched alkanes of at least 4 members (excludes halogenated alkanes) is 1. The lowest BCUT2D eigenvalue weighted by atomic mass is 10.2. The molecule has 6 nitrogen and oxygen atoms in total. The zero-order valence-electron chi connectivity index (χ0n) is 15.1. The molecule has 0 N–H and O–H groups in total. The molecule has 25 heavy (non-hydrogen) atoms. The smallest absolute Gasteiger partial charge is 0.150 e. The molecule has 0 aliphatic carbocycles. The van der Waals surface area contributed by atoms with Crippen molar-refractivity contribution in [1.82, 2.24) is 0 Å². The third kappa shape index (κ3) is 12.5. The Labute approximate surface area is 150 Å². The summed E-state index contributed by atoms with van der Waals surface area (Å²) in [6.45, 7) is 7.32. The molecule has 0 saturated carbocycles. The normalized spacial score (nSPS) is 10.8. The fourth-order valence-electron chi connectivity index (χ4n) is 1.87. The Balaban J connectivity index is 1.79. The standard InChI is InChI=1S/C19H30O6/c1-2-3-8-21-9-10-22-11-12-23-13-14-24-15-16-25-19-6-4-18(17-20)5-7-19/h4-7,17H,2-3,8-16H2,1H3. The maximum absolute atomic E-state index is 10.5. The van der Waals surface area contributed by atoms with E-state index in [2.05, 4.69) is 6.92 Å². The molecule has 0 radical (unpaired) electrons. The van der Waals surface area contributed by atoms with Gasteiger partial charge in [-0.25, -0.2) is 0 Å². The molecule has 6 heteroatoms. The lowest BCUT2D eigenvalue weighted by molar-refractivity contribution is -0.00478. The Morgan fingerprint density at radius 2 is 1.20 bits per heavy atom. The van der Waals surface area contributed by atoms with E-state index in [0.29, 0.717) is 58.4 Å². The fraction of sp³-hybridized carbons (Fsp3) is 0.632. The van der Waals surface area contributed by atoms with Crippen LogP contribution in [0.3, 0.4) is 0 Å². The second kappa shape index (κ2) is 16.0. The lowest BCUT2D eigenvalue weighted by Crippen LogP contribution is -2.13. The summed E-state index contributed by atoms with van der Waals surface area (Å²) in [5.41, 5.74) is 0.633. The first-order valence-electron chi connectivity index (χ1n) is 8.86. The summed E-state index contributed by atoms with van der Waals surface area (Å²) in [4.78, 5) is 10.5. The van der Waals surface area contributed by atoms with E-state index in [4.69, 9.17) is 23.7 Å². The average molecular weight is 354 g/mol. The summed E-state index contributed by atoms with van der Waals surface area (Å²) in [5.74, 6) is 0.723. The van der Waals surface area contributed by atoms with Gasteiger partial charge in [0, 0.05) is 12.2 Å². The molecule has 0 saturated heterocycles. The van der Waals surface area contributed by atoms with Gasteiger partial charge in [0.15, 0.2) is 0 Å². The van der Waals surface area contributed by atoms with Crippen LogP contribution >= 0.6 is 0 Å². The molecule has 142 valence electrons. The van der Waals surface area contributed by atoms with Crippen molar-refractivity contribution in [3.05, 3.63) is 29.8 Å². The number of aldehydes is 1. The van der Waals surface area contributed by atoms with E-state index in [1.165, 1.54) is 0 Å². The van der Waals surface area contributed by atoms with E-state index in [1.54, 1.807) is 24.3 Å². The molecule has 1 aromatic rings. The highest BCUT2D eigenvalue weighted by molar-refractivity contribution is 5.74. The van der Waals surface area contributed by atoms with Crippen molar-refractivity contribution in [2.75, 3.05) is 59.5 Å². The van der Waals surface area contributed by atoms with E-state index in [9.17, 15) is 4.79 Å². The number of hydrogen-bond acceptors (Lipinski definition) is 6. The van der Waals surface area contributed by atoms with Gasteiger partial charge in [0.25, 0.3) is 0 Å². The van der Waals surface area contributed by atoms with Gasteiger partial charge in [-0.2, -0.15) is 0 Å². The van der Waals surface area contributed by atoms with E-state index < -0.39 is 0 Å². The van der Waals surface area contributed by atoms with Crippen molar-refractivity contribution in [2.24, 2.45) is 0 Å². The number of ether oxygens (including phenoxy) is 5. The van der Waals surface area contributed by atoms with Crippen LogP contribution in [0, 0.1) is 0 Å².